The number of carbonyl (C=O) groups excluding carboxylic acids is 1. The van der Waals surface area contributed by atoms with Crippen LogP contribution in [0.15, 0.2) is 48.5 Å². The third-order valence-corrected chi connectivity index (χ3v) is 2.81. The molecular weight excluding hydrogens is 281 g/mol. The molecule has 0 radical (unpaired) electrons. The van der Waals surface area contributed by atoms with Crippen molar-refractivity contribution in [3.8, 4) is 5.75 Å². The molecule has 0 saturated carbocycles. The van der Waals surface area contributed by atoms with Crippen molar-refractivity contribution in [2.75, 3.05) is 13.2 Å². The van der Waals surface area contributed by atoms with Crippen molar-refractivity contribution in [1.82, 2.24) is 5.32 Å². The van der Waals surface area contributed by atoms with E-state index in [0.717, 1.165) is 11.8 Å². The predicted molar refractivity (Wildman–Crippen MR) is 75.7 cm³/mol. The van der Waals surface area contributed by atoms with E-state index in [2.05, 4.69) is 5.32 Å². The maximum absolute atomic E-state index is 13.5. The molecule has 1 amide bonds. The van der Waals surface area contributed by atoms with Gasteiger partial charge in [0.1, 0.15) is 18.2 Å². The van der Waals surface area contributed by atoms with E-state index in [1.54, 1.807) is 0 Å². The maximum atomic E-state index is 13.5. The second-order valence-electron chi connectivity index (χ2n) is 4.04. The number of benzene rings is 2. The molecule has 0 aliphatic rings. The first-order chi connectivity index (χ1) is 9.66. The van der Waals surface area contributed by atoms with E-state index < -0.39 is 11.7 Å². The third-order valence-electron chi connectivity index (χ3n) is 2.58. The molecule has 0 aromatic heterocycles. The molecule has 0 spiro atoms. The van der Waals surface area contributed by atoms with E-state index in [9.17, 15) is 9.18 Å². The van der Waals surface area contributed by atoms with Crippen molar-refractivity contribution >= 4 is 17.5 Å². The van der Waals surface area contributed by atoms with Gasteiger partial charge in [0.15, 0.2) is 0 Å². The van der Waals surface area contributed by atoms with Crippen LogP contribution in [0.5, 0.6) is 5.75 Å². The highest BCUT2D eigenvalue weighted by molar-refractivity contribution is 6.30. The van der Waals surface area contributed by atoms with Crippen molar-refractivity contribution in [3.63, 3.8) is 0 Å². The summed E-state index contributed by atoms with van der Waals surface area (Å²) in [6.07, 6.45) is 0. The van der Waals surface area contributed by atoms with Gasteiger partial charge in [0, 0.05) is 5.02 Å². The van der Waals surface area contributed by atoms with Crippen molar-refractivity contribution in [2.45, 2.75) is 0 Å². The van der Waals surface area contributed by atoms with E-state index in [1.807, 2.05) is 30.3 Å². The maximum Gasteiger partial charge on any atom is 0.254 e. The second-order valence-corrected chi connectivity index (χ2v) is 4.48. The Bertz CT molecular complexity index is 590. The Morgan fingerprint density at radius 3 is 2.65 bits per heavy atom. The zero-order valence-corrected chi connectivity index (χ0v) is 11.4. The van der Waals surface area contributed by atoms with Gasteiger partial charge in [0.05, 0.1) is 12.1 Å². The molecule has 104 valence electrons. The van der Waals surface area contributed by atoms with Crippen LogP contribution in [0.1, 0.15) is 10.4 Å². The number of para-hydroxylation sites is 1. The van der Waals surface area contributed by atoms with Gasteiger partial charge in [0.2, 0.25) is 0 Å². The molecule has 0 bridgehead atoms. The van der Waals surface area contributed by atoms with Crippen molar-refractivity contribution < 1.29 is 13.9 Å². The minimum atomic E-state index is -0.640. The molecule has 0 aliphatic heterocycles. The van der Waals surface area contributed by atoms with Crippen LogP contribution in [0, 0.1) is 5.82 Å². The molecule has 5 heteroatoms. The second kappa shape index (κ2) is 6.91. The van der Waals surface area contributed by atoms with Crippen molar-refractivity contribution in [2.24, 2.45) is 0 Å². The van der Waals surface area contributed by atoms with Gasteiger partial charge in [-0.25, -0.2) is 4.39 Å². The normalized spacial score (nSPS) is 10.1. The van der Waals surface area contributed by atoms with Crippen LogP contribution in [0.25, 0.3) is 0 Å². The molecule has 3 nitrogen and oxygen atoms in total. The molecule has 2 aromatic rings. The lowest BCUT2D eigenvalue weighted by Crippen LogP contribution is -2.28. The zero-order chi connectivity index (χ0) is 14.4. The molecule has 0 saturated heterocycles. The van der Waals surface area contributed by atoms with E-state index >= 15 is 0 Å². The predicted octanol–water partition coefficient (Wildman–Crippen LogP) is 3.29. The third kappa shape index (κ3) is 3.96. The Balaban J connectivity index is 1.80. The fraction of sp³-hybridized carbons (Fsp3) is 0.133. The number of halogens is 2. The molecule has 0 unspecified atom stereocenters. The van der Waals surface area contributed by atoms with E-state index in [0.29, 0.717) is 6.61 Å². The lowest BCUT2D eigenvalue weighted by Gasteiger charge is -2.08. The number of carbonyl (C=O) groups is 1. The fourth-order valence-corrected chi connectivity index (χ4v) is 1.78. The Morgan fingerprint density at radius 1 is 1.20 bits per heavy atom. The van der Waals surface area contributed by atoms with Gasteiger partial charge in [-0.2, -0.15) is 0 Å². The van der Waals surface area contributed by atoms with Gasteiger partial charge < -0.3 is 10.1 Å². The van der Waals surface area contributed by atoms with Crippen LogP contribution in [0.3, 0.4) is 0 Å². The van der Waals surface area contributed by atoms with Crippen molar-refractivity contribution in [3.05, 3.63) is 64.9 Å². The average Bonchev–Trinajstić information content (AvgIpc) is 2.44. The Morgan fingerprint density at radius 2 is 1.95 bits per heavy atom. The Hall–Kier alpha value is -2.07. The number of amides is 1. The van der Waals surface area contributed by atoms with Crippen LogP contribution in [-0.4, -0.2) is 19.1 Å². The summed E-state index contributed by atoms with van der Waals surface area (Å²) in [6, 6.07) is 13.2. The monoisotopic (exact) mass is 293 g/mol. The highest BCUT2D eigenvalue weighted by atomic mass is 35.5. The number of ether oxygens (including phenoxy) is 1. The molecule has 0 aliphatic carbocycles. The molecule has 0 heterocycles. The summed E-state index contributed by atoms with van der Waals surface area (Å²) in [6.45, 7) is 0.598. The van der Waals surface area contributed by atoms with Crippen molar-refractivity contribution in [1.29, 1.82) is 0 Å². The summed E-state index contributed by atoms with van der Waals surface area (Å²) in [5.41, 5.74) is -0.0332. The first-order valence-electron chi connectivity index (χ1n) is 6.08. The quantitative estimate of drug-likeness (QED) is 0.859. The molecule has 0 atom stereocenters. The molecule has 2 rings (SSSR count). The first kappa shape index (κ1) is 14.3. The molecule has 2 aromatic carbocycles. The standard InChI is InChI=1S/C15H13ClFNO2/c16-11-6-7-13(14(17)10-11)15(19)18-8-9-20-12-4-2-1-3-5-12/h1-7,10H,8-9H2,(H,18,19). The summed E-state index contributed by atoms with van der Waals surface area (Å²) in [5, 5.41) is 2.84. The minimum absolute atomic E-state index is 0.0332. The van der Waals surface area contributed by atoms with Crippen LogP contribution in [-0.2, 0) is 0 Å². The van der Waals surface area contributed by atoms with Gasteiger partial charge in [-0.05, 0) is 30.3 Å². The Labute approximate surface area is 121 Å². The van der Waals surface area contributed by atoms with Crippen LogP contribution in [0.4, 0.5) is 4.39 Å². The molecular formula is C15H13ClFNO2. The fourth-order valence-electron chi connectivity index (χ4n) is 1.62. The van der Waals surface area contributed by atoms with Gasteiger partial charge in [-0.3, -0.25) is 4.79 Å². The molecule has 0 fully saturated rings. The van der Waals surface area contributed by atoms with Gasteiger partial charge in [-0.1, -0.05) is 29.8 Å². The summed E-state index contributed by atoms with van der Waals surface area (Å²) in [7, 11) is 0. The molecule has 20 heavy (non-hydrogen) atoms. The summed E-state index contributed by atoms with van der Waals surface area (Å²) in [5.74, 6) is -0.408. The SMILES string of the molecule is O=C(NCCOc1ccccc1)c1ccc(Cl)cc1F. The number of rotatable bonds is 5. The van der Waals surface area contributed by atoms with Crippen LogP contribution >= 0.6 is 11.6 Å². The van der Waals surface area contributed by atoms with Crippen LogP contribution < -0.4 is 10.1 Å². The highest BCUT2D eigenvalue weighted by Gasteiger charge is 2.11. The van der Waals surface area contributed by atoms with Gasteiger partial charge in [0.25, 0.3) is 5.91 Å². The summed E-state index contributed by atoms with van der Waals surface area (Å²) >= 11 is 5.62. The van der Waals surface area contributed by atoms with E-state index in [1.165, 1.54) is 12.1 Å². The number of hydrogen-bond donors (Lipinski definition) is 1. The highest BCUT2D eigenvalue weighted by Crippen LogP contribution is 2.14. The van der Waals surface area contributed by atoms with Gasteiger partial charge in [-0.15, -0.1) is 0 Å². The Kier molecular flexibility index (Phi) is 4.96. The average molecular weight is 294 g/mol. The lowest BCUT2D eigenvalue weighted by molar-refractivity contribution is 0.0943. The van der Waals surface area contributed by atoms with E-state index in [4.69, 9.17) is 16.3 Å². The molecule has 1 N–H and O–H groups in total. The van der Waals surface area contributed by atoms with Crippen LogP contribution in [0.2, 0.25) is 5.02 Å². The van der Waals surface area contributed by atoms with Gasteiger partial charge >= 0.3 is 0 Å². The minimum Gasteiger partial charge on any atom is -0.492 e. The topological polar surface area (TPSA) is 38.3 Å². The largest absolute Gasteiger partial charge is 0.492 e. The van der Waals surface area contributed by atoms with E-state index in [-0.39, 0.29) is 17.1 Å². The number of hydrogen-bond acceptors (Lipinski definition) is 2. The summed E-state index contributed by atoms with van der Waals surface area (Å²) < 4.78 is 18.9. The first-order valence-corrected chi connectivity index (χ1v) is 6.46. The number of nitrogens with one attached hydrogen (secondary N) is 1. The smallest absolute Gasteiger partial charge is 0.254 e. The summed E-state index contributed by atoms with van der Waals surface area (Å²) in [4.78, 5) is 11.7. The lowest BCUT2D eigenvalue weighted by atomic mass is 10.2. The zero-order valence-electron chi connectivity index (χ0n) is 10.6.